The van der Waals surface area contributed by atoms with Crippen LogP contribution in [0.4, 0.5) is 5.69 Å². The van der Waals surface area contributed by atoms with Crippen LogP contribution in [0.25, 0.3) is 11.3 Å². The molecular formula is C18H16N2O3. The molecule has 5 nitrogen and oxygen atoms in total. The maximum absolute atomic E-state index is 12.6. The minimum absolute atomic E-state index is 0.0781. The summed E-state index contributed by atoms with van der Waals surface area (Å²) in [6, 6.07) is 16.5. The van der Waals surface area contributed by atoms with E-state index in [0.717, 1.165) is 11.1 Å². The van der Waals surface area contributed by atoms with Gasteiger partial charge < -0.3 is 14.9 Å². The van der Waals surface area contributed by atoms with Gasteiger partial charge in [0.05, 0.1) is 6.61 Å². The van der Waals surface area contributed by atoms with E-state index in [1.165, 1.54) is 0 Å². The zero-order chi connectivity index (χ0) is 16.2. The number of benzene rings is 2. The molecule has 0 saturated heterocycles. The Morgan fingerprint density at radius 2 is 1.96 bits per heavy atom. The zero-order valence-electron chi connectivity index (χ0n) is 12.6. The molecule has 0 aliphatic carbocycles. The first-order valence-electron chi connectivity index (χ1n) is 7.22. The molecule has 0 saturated carbocycles. The number of carbonyl (C=O) groups excluding carboxylic acids is 1. The summed E-state index contributed by atoms with van der Waals surface area (Å²) in [6.45, 7) is 1.63. The molecule has 0 atom stereocenters. The van der Waals surface area contributed by atoms with Crippen molar-refractivity contribution in [2.75, 3.05) is 5.32 Å². The van der Waals surface area contributed by atoms with Gasteiger partial charge in [-0.2, -0.15) is 0 Å². The molecule has 0 aliphatic heterocycles. The van der Waals surface area contributed by atoms with Crippen LogP contribution in [0.5, 0.6) is 0 Å². The number of rotatable bonds is 4. The van der Waals surface area contributed by atoms with Gasteiger partial charge in [-0.05, 0) is 24.6 Å². The van der Waals surface area contributed by atoms with E-state index in [1.54, 1.807) is 31.2 Å². The van der Waals surface area contributed by atoms with Crippen LogP contribution >= 0.6 is 0 Å². The van der Waals surface area contributed by atoms with Crippen molar-refractivity contribution in [3.05, 3.63) is 71.5 Å². The van der Waals surface area contributed by atoms with Crippen LogP contribution in [0.1, 0.15) is 21.7 Å². The maximum atomic E-state index is 12.6. The van der Waals surface area contributed by atoms with Crippen molar-refractivity contribution in [2.45, 2.75) is 13.5 Å². The van der Waals surface area contributed by atoms with Crippen molar-refractivity contribution in [2.24, 2.45) is 0 Å². The molecule has 0 spiro atoms. The lowest BCUT2D eigenvalue weighted by Gasteiger charge is -2.07. The summed E-state index contributed by atoms with van der Waals surface area (Å²) in [5, 5.41) is 16.0. The number of anilines is 1. The van der Waals surface area contributed by atoms with E-state index in [9.17, 15) is 9.90 Å². The van der Waals surface area contributed by atoms with E-state index in [4.69, 9.17) is 4.52 Å². The third kappa shape index (κ3) is 3.14. The van der Waals surface area contributed by atoms with E-state index >= 15 is 0 Å². The quantitative estimate of drug-likeness (QED) is 0.774. The van der Waals surface area contributed by atoms with Crippen LogP contribution in [0.15, 0.2) is 59.1 Å². The van der Waals surface area contributed by atoms with E-state index in [-0.39, 0.29) is 12.5 Å². The van der Waals surface area contributed by atoms with Crippen molar-refractivity contribution in [3.8, 4) is 11.3 Å². The molecule has 116 valence electrons. The van der Waals surface area contributed by atoms with E-state index in [0.29, 0.717) is 22.7 Å². The molecule has 0 fully saturated rings. The standard InChI is InChI=1S/C18H16N2O3/c1-12-16(17(20-23-12)14-7-3-2-4-8-14)18(22)19-15-9-5-6-13(10-15)11-21/h2-10,21H,11H2,1H3,(H,19,22). The van der Waals surface area contributed by atoms with Gasteiger partial charge in [0, 0.05) is 11.3 Å². The Kier molecular flexibility index (Phi) is 4.21. The van der Waals surface area contributed by atoms with Gasteiger partial charge in [0.25, 0.3) is 5.91 Å². The summed E-state index contributed by atoms with van der Waals surface area (Å²) in [4.78, 5) is 12.6. The van der Waals surface area contributed by atoms with Gasteiger partial charge in [-0.3, -0.25) is 4.79 Å². The first-order chi connectivity index (χ1) is 11.2. The maximum Gasteiger partial charge on any atom is 0.261 e. The van der Waals surface area contributed by atoms with Crippen LogP contribution in [-0.2, 0) is 6.61 Å². The lowest BCUT2D eigenvalue weighted by Crippen LogP contribution is -2.13. The molecule has 0 unspecified atom stereocenters. The largest absolute Gasteiger partial charge is 0.392 e. The second-order valence-electron chi connectivity index (χ2n) is 5.14. The highest BCUT2D eigenvalue weighted by atomic mass is 16.5. The molecule has 3 aromatic rings. The van der Waals surface area contributed by atoms with Gasteiger partial charge in [0.15, 0.2) is 0 Å². The minimum atomic E-state index is -0.294. The topological polar surface area (TPSA) is 75.4 Å². The van der Waals surface area contributed by atoms with Crippen LogP contribution in [0.3, 0.4) is 0 Å². The molecule has 1 amide bonds. The molecule has 2 aromatic carbocycles. The Labute approximate surface area is 133 Å². The third-order valence-electron chi connectivity index (χ3n) is 3.50. The zero-order valence-corrected chi connectivity index (χ0v) is 12.6. The number of hydrogen-bond acceptors (Lipinski definition) is 4. The van der Waals surface area contributed by atoms with Crippen molar-refractivity contribution in [1.82, 2.24) is 5.16 Å². The minimum Gasteiger partial charge on any atom is -0.392 e. The molecule has 1 aromatic heterocycles. The van der Waals surface area contributed by atoms with Crippen molar-refractivity contribution < 1.29 is 14.4 Å². The van der Waals surface area contributed by atoms with Gasteiger partial charge in [0.2, 0.25) is 0 Å². The number of carbonyl (C=O) groups is 1. The summed E-state index contributed by atoms with van der Waals surface area (Å²) < 4.78 is 5.20. The van der Waals surface area contributed by atoms with E-state index in [1.807, 2.05) is 30.3 Å². The summed E-state index contributed by atoms with van der Waals surface area (Å²) in [5.41, 5.74) is 3.08. The van der Waals surface area contributed by atoms with Crippen molar-refractivity contribution in [3.63, 3.8) is 0 Å². The van der Waals surface area contributed by atoms with Gasteiger partial charge in [-0.1, -0.05) is 47.6 Å². The number of aromatic nitrogens is 1. The Hall–Kier alpha value is -2.92. The number of aryl methyl sites for hydroxylation is 1. The monoisotopic (exact) mass is 308 g/mol. The molecule has 2 N–H and O–H groups in total. The molecule has 0 aliphatic rings. The Morgan fingerprint density at radius 1 is 1.17 bits per heavy atom. The van der Waals surface area contributed by atoms with Gasteiger partial charge in [-0.15, -0.1) is 0 Å². The summed E-state index contributed by atoms with van der Waals surface area (Å²) >= 11 is 0. The fourth-order valence-corrected chi connectivity index (χ4v) is 2.37. The number of amides is 1. The van der Waals surface area contributed by atoms with Crippen LogP contribution in [0, 0.1) is 6.92 Å². The van der Waals surface area contributed by atoms with Crippen LogP contribution < -0.4 is 5.32 Å². The highest BCUT2D eigenvalue weighted by molar-refractivity contribution is 6.08. The lowest BCUT2D eigenvalue weighted by atomic mass is 10.1. The molecule has 0 bridgehead atoms. The van der Waals surface area contributed by atoms with Gasteiger partial charge in [-0.25, -0.2) is 0 Å². The first-order valence-corrected chi connectivity index (χ1v) is 7.22. The number of hydrogen-bond donors (Lipinski definition) is 2. The average Bonchev–Trinajstić information content (AvgIpc) is 2.97. The van der Waals surface area contributed by atoms with Crippen LogP contribution in [-0.4, -0.2) is 16.2 Å². The van der Waals surface area contributed by atoms with E-state index < -0.39 is 0 Å². The fourth-order valence-electron chi connectivity index (χ4n) is 2.37. The van der Waals surface area contributed by atoms with Crippen molar-refractivity contribution >= 4 is 11.6 Å². The number of aliphatic hydroxyl groups excluding tert-OH is 1. The third-order valence-corrected chi connectivity index (χ3v) is 3.50. The normalized spacial score (nSPS) is 10.5. The Morgan fingerprint density at radius 3 is 2.70 bits per heavy atom. The van der Waals surface area contributed by atoms with E-state index in [2.05, 4.69) is 10.5 Å². The molecule has 5 heteroatoms. The first kappa shape index (κ1) is 15.0. The van der Waals surface area contributed by atoms with Gasteiger partial charge >= 0.3 is 0 Å². The lowest BCUT2D eigenvalue weighted by molar-refractivity contribution is 0.102. The predicted molar refractivity (Wildman–Crippen MR) is 87.0 cm³/mol. The molecule has 23 heavy (non-hydrogen) atoms. The molecule has 1 heterocycles. The highest BCUT2D eigenvalue weighted by Gasteiger charge is 2.21. The Bertz CT molecular complexity index is 825. The van der Waals surface area contributed by atoms with Crippen LogP contribution in [0.2, 0.25) is 0 Å². The summed E-state index contributed by atoms with van der Waals surface area (Å²) in [6.07, 6.45) is 0. The highest BCUT2D eigenvalue weighted by Crippen LogP contribution is 2.26. The second-order valence-corrected chi connectivity index (χ2v) is 5.14. The SMILES string of the molecule is Cc1onc(-c2ccccc2)c1C(=O)Nc1cccc(CO)c1. The number of nitrogens with zero attached hydrogens (tertiary/aromatic N) is 1. The molecule has 0 radical (unpaired) electrons. The average molecular weight is 308 g/mol. The summed E-state index contributed by atoms with van der Waals surface area (Å²) in [5.74, 6) is 0.164. The molecule has 3 rings (SSSR count). The van der Waals surface area contributed by atoms with Gasteiger partial charge in [0.1, 0.15) is 17.0 Å². The fraction of sp³-hybridized carbons (Fsp3) is 0.111. The Balaban J connectivity index is 1.92. The summed E-state index contributed by atoms with van der Waals surface area (Å²) in [7, 11) is 0. The predicted octanol–water partition coefficient (Wildman–Crippen LogP) is 3.39. The number of nitrogens with one attached hydrogen (secondary N) is 1. The smallest absolute Gasteiger partial charge is 0.261 e. The molecular weight excluding hydrogens is 292 g/mol. The number of aliphatic hydroxyl groups is 1. The second kappa shape index (κ2) is 6.46. The van der Waals surface area contributed by atoms with Crippen molar-refractivity contribution in [1.29, 1.82) is 0 Å².